The van der Waals surface area contributed by atoms with Crippen molar-refractivity contribution in [3.05, 3.63) is 82.9 Å². The van der Waals surface area contributed by atoms with E-state index in [1.165, 1.54) is 30.0 Å². The molecule has 83 heavy (non-hydrogen) atoms. The zero-order valence-corrected chi connectivity index (χ0v) is 48.7. The molecule has 0 aromatic heterocycles. The molecule has 2 saturated heterocycles. The van der Waals surface area contributed by atoms with Crippen molar-refractivity contribution in [3.8, 4) is 17.2 Å². The van der Waals surface area contributed by atoms with Crippen molar-refractivity contribution >= 4 is 64.4 Å². The number of aryl methyl sites for hydroxylation is 1. The Morgan fingerprint density at radius 1 is 0.747 bits per heavy atom. The average molecular weight is 1150 g/mol. The van der Waals surface area contributed by atoms with Gasteiger partial charge in [0.05, 0.1) is 51.8 Å². The van der Waals surface area contributed by atoms with Crippen LogP contribution in [0.2, 0.25) is 0 Å². The first kappa shape index (κ1) is 64.8. The highest BCUT2D eigenvalue weighted by Crippen LogP contribution is 2.38. The number of esters is 1. The molecule has 3 heterocycles. The van der Waals surface area contributed by atoms with Gasteiger partial charge in [-0.25, -0.2) is 4.79 Å². The fourth-order valence-corrected chi connectivity index (χ4v) is 9.92. The van der Waals surface area contributed by atoms with Gasteiger partial charge in [0.15, 0.2) is 17.3 Å². The number of imide groups is 2. The lowest BCUT2D eigenvalue weighted by Crippen LogP contribution is -2.62. The number of anilines is 1. The summed E-state index contributed by atoms with van der Waals surface area (Å²) >= 11 is 0. The van der Waals surface area contributed by atoms with E-state index in [9.17, 15) is 47.9 Å². The molecule has 0 saturated carbocycles. The molecule has 6 amide bonds. The van der Waals surface area contributed by atoms with Crippen LogP contribution in [0.25, 0.3) is 0 Å². The van der Waals surface area contributed by atoms with Crippen LogP contribution in [0.4, 0.5) is 5.69 Å². The number of amides is 6. The molecule has 0 spiro atoms. The van der Waals surface area contributed by atoms with E-state index in [0.717, 1.165) is 10.5 Å². The Bertz CT molecular complexity index is 2830. The minimum absolute atomic E-state index is 0.00622. The zero-order chi connectivity index (χ0) is 60.1. The molecule has 3 aliphatic heterocycles. The van der Waals surface area contributed by atoms with Crippen molar-refractivity contribution in [3.63, 3.8) is 0 Å². The van der Waals surface area contributed by atoms with Gasteiger partial charge in [0.1, 0.15) is 35.8 Å². The maximum absolute atomic E-state index is 14.1. The second kappa shape index (κ2) is 31.3. The van der Waals surface area contributed by atoms with Crippen molar-refractivity contribution in [1.82, 2.24) is 15.1 Å². The fourth-order valence-electron chi connectivity index (χ4n) is 9.92. The molecule has 450 valence electrons. The van der Waals surface area contributed by atoms with Crippen molar-refractivity contribution < 1.29 is 81.1 Å². The zero-order valence-electron chi connectivity index (χ0n) is 48.7. The van der Waals surface area contributed by atoms with Gasteiger partial charge in [0.2, 0.25) is 17.6 Å². The fraction of sp³-hybridized carbons (Fsp3) is 0.548. The number of unbranched alkanes of at least 4 members (excludes halogenated alkanes) is 2. The Balaban J connectivity index is 0.826. The molecule has 2 N–H and O–H groups in total. The SMILES string of the molecule is CCC(C)(C)C(=O)C(=O)N1CCCC[C@H]1C(=O)O[C@H](CCc1ccc(OC)c(OC)c1)c1cccc(NC(=O)CCC(=O)CCCCOCCOCCOCCCCC(=O)COc2cccc3c2C(=O)N(C2(C)CCC(=O)NC2=O)C3=O)c1. The number of ether oxygens (including phenoxy) is 7. The highest BCUT2D eigenvalue weighted by atomic mass is 16.6. The third kappa shape index (κ3) is 17.8. The van der Waals surface area contributed by atoms with E-state index >= 15 is 0 Å². The molecule has 3 atom stereocenters. The number of benzene rings is 3. The lowest BCUT2D eigenvalue weighted by atomic mass is 9.84. The van der Waals surface area contributed by atoms with E-state index in [4.69, 9.17) is 33.2 Å². The highest BCUT2D eigenvalue weighted by Gasteiger charge is 2.53. The minimum atomic E-state index is -1.54. The molecule has 21 heteroatoms. The standard InChI is InChI=1S/C62H80N4O17/c1-7-61(2,3)55(71)58(74)65-31-11-8-21-47(65)59(75)83-48(26-23-41-24-27-49(77-5)51(38-41)78-6)42-16-14-17-43(39-42)63-52(69)28-25-44(67)18-9-12-32-79-34-36-81-37-35-80-33-13-10-19-45(68)40-82-50-22-15-20-46-54(50)57(73)66(56(46)72)62(4)30-29-53(70)64-60(62)76/h14-17,20,22,24,27,38-39,47-48H,7-13,18-19,21,23,25-26,28-37,40H2,1-6H3,(H,63,69)(H,64,70,76)/t47-,48+,62?/m0/s1. The van der Waals surface area contributed by atoms with E-state index in [1.54, 1.807) is 58.4 Å². The molecule has 0 aliphatic carbocycles. The van der Waals surface area contributed by atoms with Crippen LogP contribution in [0, 0.1) is 5.41 Å². The van der Waals surface area contributed by atoms with Gasteiger partial charge in [-0.05, 0) is 125 Å². The van der Waals surface area contributed by atoms with Crippen LogP contribution in [0.15, 0.2) is 60.7 Å². The molecule has 2 fully saturated rings. The van der Waals surface area contributed by atoms with Gasteiger partial charge in [0, 0.05) is 63.0 Å². The average Bonchev–Trinajstić information content (AvgIpc) is 2.00. The van der Waals surface area contributed by atoms with E-state index in [-0.39, 0.29) is 79.6 Å². The van der Waals surface area contributed by atoms with Crippen molar-refractivity contribution in [2.75, 3.05) is 72.3 Å². The molecule has 21 nitrogen and oxygen atoms in total. The predicted octanol–water partition coefficient (Wildman–Crippen LogP) is 7.42. The molecular formula is C62H80N4O17. The van der Waals surface area contributed by atoms with Crippen LogP contribution in [0.3, 0.4) is 0 Å². The van der Waals surface area contributed by atoms with Crippen molar-refractivity contribution in [2.45, 2.75) is 148 Å². The molecule has 3 aromatic carbocycles. The Morgan fingerprint density at radius 3 is 2.10 bits per heavy atom. The van der Waals surface area contributed by atoms with E-state index in [1.807, 2.05) is 19.1 Å². The van der Waals surface area contributed by atoms with E-state index in [2.05, 4.69) is 10.6 Å². The summed E-state index contributed by atoms with van der Waals surface area (Å²) in [6.45, 7) is 9.01. The third-order valence-corrected chi connectivity index (χ3v) is 15.4. The molecule has 1 unspecified atom stereocenters. The molecule has 0 radical (unpaired) electrons. The summed E-state index contributed by atoms with van der Waals surface area (Å²) in [5.41, 5.74) is -0.402. The number of rotatable bonds is 35. The Kier molecular flexibility index (Phi) is 24.5. The number of nitrogens with one attached hydrogen (secondary N) is 2. The number of methoxy groups -OCH3 is 2. The number of hydrogen-bond acceptors (Lipinski definition) is 17. The number of Topliss-reactive ketones (excluding diaryl/α,β-unsaturated/α-hetero) is 3. The maximum Gasteiger partial charge on any atom is 0.329 e. The number of carbonyl (C=O) groups is 10. The first-order chi connectivity index (χ1) is 39.8. The summed E-state index contributed by atoms with van der Waals surface area (Å²) in [6.07, 6.45) is 5.18. The Morgan fingerprint density at radius 2 is 1.42 bits per heavy atom. The number of hydrogen-bond donors (Lipinski definition) is 2. The maximum atomic E-state index is 14.1. The number of piperidine rings is 2. The molecule has 6 rings (SSSR count). The largest absolute Gasteiger partial charge is 0.493 e. The number of nitrogens with zero attached hydrogens (tertiary/aromatic N) is 2. The topological polar surface area (TPSA) is 266 Å². The second-order valence-electron chi connectivity index (χ2n) is 21.8. The quantitative estimate of drug-likeness (QED) is 0.0251. The normalized spacial score (nSPS) is 17.3. The monoisotopic (exact) mass is 1150 g/mol. The summed E-state index contributed by atoms with van der Waals surface area (Å²) < 4.78 is 39.7. The number of carbonyl (C=O) groups excluding carboxylic acids is 10. The summed E-state index contributed by atoms with van der Waals surface area (Å²) in [5.74, 6) is -3.83. The van der Waals surface area contributed by atoms with Gasteiger partial charge < -0.3 is 43.4 Å². The molecule has 0 bridgehead atoms. The summed E-state index contributed by atoms with van der Waals surface area (Å²) in [5, 5.41) is 5.08. The number of likely N-dealkylation sites (tertiary alicyclic amines) is 1. The Hall–Kier alpha value is -7.36. The predicted molar refractivity (Wildman–Crippen MR) is 303 cm³/mol. The van der Waals surface area contributed by atoms with E-state index < -0.39 is 64.4 Å². The van der Waals surface area contributed by atoms with Gasteiger partial charge >= 0.3 is 5.97 Å². The first-order valence-corrected chi connectivity index (χ1v) is 28.7. The van der Waals surface area contributed by atoms with Gasteiger partial charge in [-0.3, -0.25) is 53.4 Å². The second-order valence-corrected chi connectivity index (χ2v) is 21.8. The van der Waals surface area contributed by atoms with Gasteiger partial charge in [-0.1, -0.05) is 45.0 Å². The molecular weight excluding hydrogens is 1070 g/mol. The highest BCUT2D eigenvalue weighted by molar-refractivity contribution is 6.38. The first-order valence-electron chi connectivity index (χ1n) is 28.7. The van der Waals surface area contributed by atoms with Crippen LogP contribution in [-0.4, -0.2) is 147 Å². The van der Waals surface area contributed by atoms with Crippen molar-refractivity contribution in [1.29, 1.82) is 0 Å². The third-order valence-electron chi connectivity index (χ3n) is 15.4. The van der Waals surface area contributed by atoms with Gasteiger partial charge in [-0.2, -0.15) is 0 Å². The van der Waals surface area contributed by atoms with Crippen LogP contribution >= 0.6 is 0 Å². The lowest BCUT2D eigenvalue weighted by Gasteiger charge is -2.38. The Labute approximate surface area is 485 Å². The summed E-state index contributed by atoms with van der Waals surface area (Å²) in [4.78, 5) is 133. The van der Waals surface area contributed by atoms with Crippen LogP contribution in [-0.2, 0) is 63.7 Å². The number of fused-ring (bicyclic) bond motifs is 1. The van der Waals surface area contributed by atoms with Crippen LogP contribution in [0.5, 0.6) is 17.2 Å². The van der Waals surface area contributed by atoms with E-state index in [0.29, 0.717) is 133 Å². The van der Waals surface area contributed by atoms with Crippen LogP contribution < -0.4 is 24.8 Å². The van der Waals surface area contributed by atoms with Gasteiger partial charge in [-0.15, -0.1) is 0 Å². The van der Waals surface area contributed by atoms with Crippen LogP contribution in [0.1, 0.15) is 162 Å². The lowest BCUT2D eigenvalue weighted by molar-refractivity contribution is -0.164. The molecule has 3 aromatic rings. The smallest absolute Gasteiger partial charge is 0.329 e. The summed E-state index contributed by atoms with van der Waals surface area (Å²) in [7, 11) is 3.10. The minimum Gasteiger partial charge on any atom is -0.493 e. The summed E-state index contributed by atoms with van der Waals surface area (Å²) in [6, 6.07) is 16.1. The molecule has 3 aliphatic rings. The number of ketones is 3. The van der Waals surface area contributed by atoms with Crippen molar-refractivity contribution in [2.24, 2.45) is 5.41 Å². The van der Waals surface area contributed by atoms with Gasteiger partial charge in [0.25, 0.3) is 23.6 Å².